The van der Waals surface area contributed by atoms with Crippen molar-refractivity contribution in [3.05, 3.63) is 63.6 Å². The van der Waals surface area contributed by atoms with E-state index in [-0.39, 0.29) is 17.5 Å². The Morgan fingerprint density at radius 1 is 1.32 bits per heavy atom. The van der Waals surface area contributed by atoms with E-state index in [0.29, 0.717) is 23.8 Å². The lowest BCUT2D eigenvalue weighted by Crippen LogP contribution is -2.37. The van der Waals surface area contributed by atoms with Crippen molar-refractivity contribution < 1.29 is 24.2 Å². The summed E-state index contributed by atoms with van der Waals surface area (Å²) >= 11 is 1.29. The second-order valence-electron chi connectivity index (χ2n) is 6.84. The number of carbonyl (C=O) groups excluding carboxylic acids is 2. The molecule has 2 atom stereocenters. The van der Waals surface area contributed by atoms with E-state index < -0.39 is 17.7 Å². The lowest BCUT2D eigenvalue weighted by atomic mass is 9.95. The summed E-state index contributed by atoms with van der Waals surface area (Å²) in [5.41, 5.74) is 0.867. The van der Waals surface area contributed by atoms with Gasteiger partial charge in [0.05, 0.1) is 29.7 Å². The van der Waals surface area contributed by atoms with Gasteiger partial charge in [-0.05, 0) is 42.0 Å². The van der Waals surface area contributed by atoms with Gasteiger partial charge in [0.1, 0.15) is 5.75 Å². The molecular weight excluding hydrogens is 378 g/mol. The van der Waals surface area contributed by atoms with Crippen LogP contribution in [0.25, 0.3) is 0 Å². The smallest absolute Gasteiger partial charge is 0.290 e. The van der Waals surface area contributed by atoms with Crippen LogP contribution in [0.15, 0.2) is 53.1 Å². The van der Waals surface area contributed by atoms with E-state index >= 15 is 0 Å². The van der Waals surface area contributed by atoms with E-state index in [9.17, 15) is 14.7 Å². The van der Waals surface area contributed by atoms with Crippen LogP contribution in [0.4, 0.5) is 0 Å². The molecule has 146 valence electrons. The number of ether oxygens (including phenoxy) is 2. The molecule has 1 aromatic heterocycles. The summed E-state index contributed by atoms with van der Waals surface area (Å²) in [6.45, 7) is 1.00. The Labute approximate surface area is 167 Å². The number of aliphatic hydroxyl groups excluding tert-OH is 1. The number of thiophene rings is 1. The number of nitrogens with zero attached hydrogens (tertiary/aromatic N) is 1. The predicted molar refractivity (Wildman–Crippen MR) is 105 cm³/mol. The molecule has 1 aromatic carbocycles. The van der Waals surface area contributed by atoms with Crippen molar-refractivity contribution in [2.75, 3.05) is 20.3 Å². The standard InChI is InChI=1S/C21H21NO5S/c1-26-14-8-6-13(7-9-14)18-17(19(23)16-5-3-11-28-16)20(24)21(25)22(18)12-15-4-2-10-27-15/h3,5-9,11,15,18,24H,2,4,10,12H2,1H3/t15-,18+/m0/s1. The van der Waals surface area contributed by atoms with Crippen molar-refractivity contribution in [1.29, 1.82) is 0 Å². The van der Waals surface area contributed by atoms with Gasteiger partial charge in [-0.2, -0.15) is 0 Å². The van der Waals surface area contributed by atoms with Gasteiger partial charge in [-0.25, -0.2) is 0 Å². The summed E-state index contributed by atoms with van der Waals surface area (Å²) in [6.07, 6.45) is 1.71. The Kier molecular flexibility index (Phi) is 5.19. The van der Waals surface area contributed by atoms with Crippen molar-refractivity contribution in [3.63, 3.8) is 0 Å². The zero-order valence-corrected chi connectivity index (χ0v) is 16.3. The second-order valence-corrected chi connectivity index (χ2v) is 7.78. The van der Waals surface area contributed by atoms with Gasteiger partial charge in [-0.1, -0.05) is 18.2 Å². The molecule has 1 N–H and O–H groups in total. The van der Waals surface area contributed by atoms with Crippen molar-refractivity contribution in [3.8, 4) is 5.75 Å². The number of hydrogen-bond donors (Lipinski definition) is 1. The quantitative estimate of drug-likeness (QED) is 0.753. The number of ketones is 1. The third kappa shape index (κ3) is 3.31. The highest BCUT2D eigenvalue weighted by Gasteiger charge is 2.45. The first-order valence-corrected chi connectivity index (χ1v) is 10.1. The van der Waals surface area contributed by atoms with E-state index in [4.69, 9.17) is 9.47 Å². The minimum absolute atomic E-state index is 0.0892. The number of amides is 1. The van der Waals surface area contributed by atoms with Gasteiger partial charge in [0.15, 0.2) is 5.76 Å². The highest BCUT2D eigenvalue weighted by molar-refractivity contribution is 7.12. The summed E-state index contributed by atoms with van der Waals surface area (Å²) in [4.78, 5) is 28.0. The maximum Gasteiger partial charge on any atom is 0.290 e. The fourth-order valence-electron chi connectivity index (χ4n) is 3.75. The Balaban J connectivity index is 1.74. The van der Waals surface area contributed by atoms with Crippen LogP contribution < -0.4 is 4.74 Å². The minimum Gasteiger partial charge on any atom is -0.503 e. The predicted octanol–water partition coefficient (Wildman–Crippen LogP) is 3.51. The molecule has 1 amide bonds. The first-order chi connectivity index (χ1) is 13.6. The van der Waals surface area contributed by atoms with Gasteiger partial charge < -0.3 is 19.5 Å². The van der Waals surface area contributed by atoms with Crippen LogP contribution in [-0.4, -0.2) is 48.1 Å². The van der Waals surface area contributed by atoms with Crippen LogP contribution in [0.2, 0.25) is 0 Å². The zero-order chi connectivity index (χ0) is 19.7. The maximum atomic E-state index is 13.1. The van der Waals surface area contributed by atoms with Gasteiger partial charge in [0, 0.05) is 13.2 Å². The van der Waals surface area contributed by atoms with E-state index in [1.54, 1.807) is 41.7 Å². The number of benzene rings is 1. The van der Waals surface area contributed by atoms with Crippen LogP contribution in [0.1, 0.15) is 34.1 Å². The molecule has 1 saturated heterocycles. The number of rotatable bonds is 6. The average Bonchev–Trinajstić information content (AvgIpc) is 3.46. The summed E-state index contributed by atoms with van der Waals surface area (Å²) in [6, 6.07) is 10.0. The molecular formula is C21H21NO5S. The first-order valence-electron chi connectivity index (χ1n) is 9.18. The first kappa shape index (κ1) is 18.7. The number of carbonyl (C=O) groups is 2. The summed E-state index contributed by atoms with van der Waals surface area (Å²) in [5, 5.41) is 12.4. The molecule has 4 rings (SSSR count). The van der Waals surface area contributed by atoms with Gasteiger partial charge >= 0.3 is 0 Å². The van der Waals surface area contributed by atoms with E-state index in [2.05, 4.69) is 0 Å². The second kappa shape index (κ2) is 7.77. The van der Waals surface area contributed by atoms with Crippen molar-refractivity contribution >= 4 is 23.0 Å². The normalized spacial score (nSPS) is 22.2. The summed E-state index contributed by atoms with van der Waals surface area (Å²) < 4.78 is 10.9. The summed E-state index contributed by atoms with van der Waals surface area (Å²) in [7, 11) is 1.58. The number of aliphatic hydroxyl groups is 1. The van der Waals surface area contributed by atoms with Crippen molar-refractivity contribution in [2.24, 2.45) is 0 Å². The van der Waals surface area contributed by atoms with Crippen LogP contribution in [0, 0.1) is 0 Å². The Morgan fingerprint density at radius 2 is 2.11 bits per heavy atom. The Bertz CT molecular complexity index is 897. The third-order valence-corrected chi connectivity index (χ3v) is 6.02. The van der Waals surface area contributed by atoms with E-state index in [1.165, 1.54) is 11.3 Å². The molecule has 0 spiro atoms. The Hall–Kier alpha value is -2.64. The molecule has 28 heavy (non-hydrogen) atoms. The molecule has 0 unspecified atom stereocenters. The van der Waals surface area contributed by atoms with Crippen LogP contribution >= 0.6 is 11.3 Å². The maximum absolute atomic E-state index is 13.1. The van der Waals surface area contributed by atoms with Crippen LogP contribution in [-0.2, 0) is 9.53 Å². The fraction of sp³-hybridized carbons (Fsp3) is 0.333. The average molecular weight is 399 g/mol. The van der Waals surface area contributed by atoms with E-state index in [1.807, 2.05) is 12.1 Å². The molecule has 0 saturated carbocycles. The minimum atomic E-state index is -0.655. The molecule has 2 aliphatic heterocycles. The van der Waals surface area contributed by atoms with Gasteiger partial charge in [0.2, 0.25) is 5.78 Å². The summed E-state index contributed by atoms with van der Waals surface area (Å²) in [5.74, 6) is -0.650. The molecule has 6 nitrogen and oxygen atoms in total. The molecule has 0 bridgehead atoms. The largest absolute Gasteiger partial charge is 0.503 e. The van der Waals surface area contributed by atoms with Crippen LogP contribution in [0.3, 0.4) is 0 Å². The number of methoxy groups -OCH3 is 1. The van der Waals surface area contributed by atoms with E-state index in [0.717, 1.165) is 18.4 Å². The number of hydrogen-bond acceptors (Lipinski definition) is 6. The van der Waals surface area contributed by atoms with Gasteiger partial charge in [-0.15, -0.1) is 11.3 Å². The zero-order valence-electron chi connectivity index (χ0n) is 15.5. The molecule has 0 radical (unpaired) electrons. The molecule has 0 aliphatic carbocycles. The van der Waals surface area contributed by atoms with Gasteiger partial charge in [0.25, 0.3) is 5.91 Å². The lowest BCUT2D eigenvalue weighted by molar-refractivity contribution is -0.131. The molecule has 2 aromatic rings. The van der Waals surface area contributed by atoms with Crippen molar-refractivity contribution in [1.82, 2.24) is 4.90 Å². The molecule has 7 heteroatoms. The monoisotopic (exact) mass is 399 g/mol. The fourth-order valence-corrected chi connectivity index (χ4v) is 4.43. The molecule has 2 aliphatic rings. The SMILES string of the molecule is COc1ccc([C@@H]2C(C(=O)c3cccs3)=C(O)C(=O)N2C[C@@H]2CCCO2)cc1. The molecule has 1 fully saturated rings. The van der Waals surface area contributed by atoms with Gasteiger partial charge in [-0.3, -0.25) is 9.59 Å². The topological polar surface area (TPSA) is 76.1 Å². The number of Topliss-reactive ketones (excluding diaryl/α,β-unsaturated/α-hetero) is 1. The van der Waals surface area contributed by atoms with Crippen molar-refractivity contribution in [2.45, 2.75) is 25.0 Å². The Morgan fingerprint density at radius 3 is 2.71 bits per heavy atom. The third-order valence-electron chi connectivity index (χ3n) is 5.15. The highest BCUT2D eigenvalue weighted by atomic mass is 32.1. The highest BCUT2D eigenvalue weighted by Crippen LogP contribution is 2.40. The van der Waals surface area contributed by atoms with Crippen LogP contribution in [0.5, 0.6) is 5.75 Å². The lowest BCUT2D eigenvalue weighted by Gasteiger charge is -2.29. The molecule has 3 heterocycles.